The summed E-state index contributed by atoms with van der Waals surface area (Å²) in [5.41, 5.74) is 1.45. The van der Waals surface area contributed by atoms with E-state index in [9.17, 15) is 14.9 Å². The molecule has 0 radical (unpaired) electrons. The van der Waals surface area contributed by atoms with Crippen molar-refractivity contribution in [2.24, 2.45) is 0 Å². The minimum atomic E-state index is -0.408. The van der Waals surface area contributed by atoms with Gasteiger partial charge in [-0.2, -0.15) is 0 Å². The van der Waals surface area contributed by atoms with E-state index in [2.05, 4.69) is 17.1 Å². The lowest BCUT2D eigenvalue weighted by Gasteiger charge is -2.35. The van der Waals surface area contributed by atoms with E-state index in [1.807, 2.05) is 47.4 Å². The molecular formula is C23H24N4O3. The van der Waals surface area contributed by atoms with Crippen molar-refractivity contribution in [1.82, 2.24) is 4.90 Å². The number of rotatable bonds is 5. The number of benzene rings is 3. The molecule has 3 aromatic carbocycles. The lowest BCUT2D eigenvalue weighted by Crippen LogP contribution is -2.46. The van der Waals surface area contributed by atoms with Crippen LogP contribution in [0.5, 0.6) is 0 Å². The number of hydrogen-bond donors (Lipinski definition) is 1. The van der Waals surface area contributed by atoms with Crippen molar-refractivity contribution in [3.63, 3.8) is 0 Å². The first-order valence-electron chi connectivity index (χ1n) is 10.1. The van der Waals surface area contributed by atoms with Crippen LogP contribution in [0.4, 0.5) is 17.1 Å². The van der Waals surface area contributed by atoms with E-state index in [0.717, 1.165) is 43.5 Å². The molecule has 0 bridgehead atoms. The minimum Gasteiger partial charge on any atom is -0.363 e. The highest BCUT2D eigenvalue weighted by atomic mass is 16.6. The number of piperazine rings is 1. The number of nitrogens with one attached hydrogen (secondary N) is 1. The summed E-state index contributed by atoms with van der Waals surface area (Å²) in [4.78, 5) is 28.4. The summed E-state index contributed by atoms with van der Waals surface area (Å²) in [5.74, 6) is -0.365. The first kappa shape index (κ1) is 19.8. The van der Waals surface area contributed by atoms with Gasteiger partial charge < -0.3 is 15.1 Å². The van der Waals surface area contributed by atoms with Crippen LogP contribution in [0.3, 0.4) is 0 Å². The molecule has 30 heavy (non-hydrogen) atoms. The average molecular weight is 404 g/mol. The third-order valence-electron chi connectivity index (χ3n) is 5.60. The molecule has 1 saturated heterocycles. The van der Waals surface area contributed by atoms with Crippen molar-refractivity contribution >= 4 is 33.7 Å². The Balaban J connectivity index is 1.55. The maximum Gasteiger partial charge on any atom is 0.293 e. The van der Waals surface area contributed by atoms with Crippen molar-refractivity contribution in [2.75, 3.05) is 42.9 Å². The van der Waals surface area contributed by atoms with Crippen LogP contribution in [0.25, 0.3) is 10.8 Å². The van der Waals surface area contributed by atoms with E-state index < -0.39 is 4.92 Å². The van der Waals surface area contributed by atoms with Crippen molar-refractivity contribution in [1.29, 1.82) is 0 Å². The van der Waals surface area contributed by atoms with Crippen LogP contribution in [0.15, 0.2) is 60.7 Å². The van der Waals surface area contributed by atoms with E-state index in [-0.39, 0.29) is 17.2 Å². The van der Waals surface area contributed by atoms with Gasteiger partial charge in [-0.15, -0.1) is 0 Å². The number of carbonyl (C=O) groups excluding carboxylic acids is 1. The summed E-state index contributed by atoms with van der Waals surface area (Å²) in [6, 6.07) is 18.3. The highest BCUT2D eigenvalue weighted by Crippen LogP contribution is 2.30. The normalized spacial score (nSPS) is 14.6. The molecule has 3 aromatic rings. The van der Waals surface area contributed by atoms with E-state index in [1.165, 1.54) is 6.07 Å². The SMILES string of the molecule is CCN1CCN(c2ccc(C(=O)Nc3ccc4ccccc4c3)cc2[N+](=O)[O-])CC1. The fourth-order valence-electron chi connectivity index (χ4n) is 3.85. The Morgan fingerprint density at radius 1 is 1.00 bits per heavy atom. The van der Waals surface area contributed by atoms with Gasteiger partial charge in [-0.1, -0.05) is 37.3 Å². The van der Waals surface area contributed by atoms with Gasteiger partial charge in [0.05, 0.1) is 4.92 Å². The highest BCUT2D eigenvalue weighted by molar-refractivity contribution is 6.06. The molecule has 7 heteroatoms. The van der Waals surface area contributed by atoms with E-state index >= 15 is 0 Å². The van der Waals surface area contributed by atoms with Crippen LogP contribution in [0.1, 0.15) is 17.3 Å². The van der Waals surface area contributed by atoms with Crippen LogP contribution in [0.2, 0.25) is 0 Å². The number of hydrogen-bond acceptors (Lipinski definition) is 5. The van der Waals surface area contributed by atoms with Crippen LogP contribution >= 0.6 is 0 Å². The predicted octanol–water partition coefficient (Wildman–Crippen LogP) is 4.14. The molecule has 154 valence electrons. The number of nitro benzene ring substituents is 1. The molecule has 4 rings (SSSR count). The Morgan fingerprint density at radius 3 is 2.43 bits per heavy atom. The molecule has 0 aromatic heterocycles. The maximum absolute atomic E-state index is 12.7. The number of nitrogens with zero attached hydrogens (tertiary/aromatic N) is 3. The molecule has 0 saturated carbocycles. The Kier molecular flexibility index (Phi) is 5.63. The lowest BCUT2D eigenvalue weighted by molar-refractivity contribution is -0.384. The van der Waals surface area contributed by atoms with Crippen LogP contribution < -0.4 is 10.2 Å². The molecule has 7 nitrogen and oxygen atoms in total. The lowest BCUT2D eigenvalue weighted by atomic mass is 10.1. The summed E-state index contributed by atoms with van der Waals surface area (Å²) in [5, 5.41) is 16.6. The van der Waals surface area contributed by atoms with Gasteiger partial charge in [0.2, 0.25) is 0 Å². The quantitative estimate of drug-likeness (QED) is 0.511. The fourth-order valence-corrected chi connectivity index (χ4v) is 3.85. The van der Waals surface area contributed by atoms with Gasteiger partial charge in [-0.05, 0) is 41.6 Å². The van der Waals surface area contributed by atoms with Crippen LogP contribution in [0, 0.1) is 10.1 Å². The zero-order valence-electron chi connectivity index (χ0n) is 16.9. The zero-order valence-corrected chi connectivity index (χ0v) is 16.9. The predicted molar refractivity (Wildman–Crippen MR) is 119 cm³/mol. The van der Waals surface area contributed by atoms with Crippen LogP contribution in [-0.2, 0) is 0 Å². The minimum absolute atomic E-state index is 0.0360. The number of amides is 1. The van der Waals surface area contributed by atoms with Gasteiger partial charge in [0.1, 0.15) is 5.69 Å². The highest BCUT2D eigenvalue weighted by Gasteiger charge is 2.24. The molecule has 1 amide bonds. The van der Waals surface area contributed by atoms with E-state index in [4.69, 9.17) is 0 Å². The number of carbonyl (C=O) groups is 1. The summed E-state index contributed by atoms with van der Waals surface area (Å²) in [7, 11) is 0. The van der Waals surface area contributed by atoms with Crippen LogP contribution in [-0.4, -0.2) is 48.5 Å². The summed E-state index contributed by atoms with van der Waals surface area (Å²) in [6.07, 6.45) is 0. The molecule has 0 aliphatic carbocycles. The van der Waals surface area contributed by atoms with Gasteiger partial charge in [0.25, 0.3) is 11.6 Å². The standard InChI is InChI=1S/C23H24N4O3/c1-2-25-11-13-26(14-12-25)21-10-8-19(16-22(21)27(29)30)23(28)24-20-9-7-17-5-3-4-6-18(17)15-20/h3-10,15-16H,2,11-14H2,1H3,(H,24,28). The maximum atomic E-state index is 12.7. The number of fused-ring (bicyclic) bond motifs is 1. The Labute approximate surface area is 175 Å². The van der Waals surface area contributed by atoms with E-state index in [1.54, 1.807) is 12.1 Å². The van der Waals surface area contributed by atoms with Gasteiger partial charge in [0, 0.05) is 43.5 Å². The molecule has 1 aliphatic rings. The van der Waals surface area contributed by atoms with Crippen molar-refractivity contribution in [3.8, 4) is 0 Å². The summed E-state index contributed by atoms with van der Waals surface area (Å²) >= 11 is 0. The second kappa shape index (κ2) is 8.51. The number of anilines is 2. The first-order chi connectivity index (χ1) is 14.5. The third kappa shape index (κ3) is 4.11. The Bertz CT molecular complexity index is 1090. The Morgan fingerprint density at radius 2 is 1.73 bits per heavy atom. The second-order valence-corrected chi connectivity index (χ2v) is 7.40. The smallest absolute Gasteiger partial charge is 0.293 e. The monoisotopic (exact) mass is 404 g/mol. The van der Waals surface area contributed by atoms with Crippen molar-refractivity contribution < 1.29 is 9.72 Å². The average Bonchev–Trinajstić information content (AvgIpc) is 2.78. The van der Waals surface area contributed by atoms with Gasteiger partial charge in [0.15, 0.2) is 0 Å². The summed E-state index contributed by atoms with van der Waals surface area (Å²) in [6.45, 7) is 6.30. The van der Waals surface area contributed by atoms with Crippen molar-refractivity contribution in [2.45, 2.75) is 6.92 Å². The topological polar surface area (TPSA) is 78.7 Å². The first-order valence-corrected chi connectivity index (χ1v) is 10.1. The van der Waals surface area contributed by atoms with Gasteiger partial charge in [-0.25, -0.2) is 0 Å². The second-order valence-electron chi connectivity index (χ2n) is 7.40. The van der Waals surface area contributed by atoms with E-state index in [0.29, 0.717) is 11.4 Å². The number of nitro groups is 1. The number of likely N-dealkylation sites (N-methyl/N-ethyl adjacent to an activating group) is 1. The molecule has 0 atom stereocenters. The molecular weight excluding hydrogens is 380 g/mol. The molecule has 1 aliphatic heterocycles. The van der Waals surface area contributed by atoms with Crippen molar-refractivity contribution in [3.05, 3.63) is 76.3 Å². The third-order valence-corrected chi connectivity index (χ3v) is 5.60. The van der Waals surface area contributed by atoms with Gasteiger partial charge in [-0.3, -0.25) is 14.9 Å². The van der Waals surface area contributed by atoms with Gasteiger partial charge >= 0.3 is 0 Å². The molecule has 1 fully saturated rings. The molecule has 0 unspecified atom stereocenters. The largest absolute Gasteiger partial charge is 0.363 e. The Hall–Kier alpha value is -3.45. The molecule has 1 N–H and O–H groups in total. The summed E-state index contributed by atoms with van der Waals surface area (Å²) < 4.78 is 0. The fraction of sp³-hybridized carbons (Fsp3) is 0.261. The molecule has 1 heterocycles. The molecule has 0 spiro atoms. The zero-order chi connectivity index (χ0) is 21.1.